The Kier molecular flexibility index (Phi) is 13.9. The summed E-state index contributed by atoms with van der Waals surface area (Å²) in [6.07, 6.45) is 0. The third kappa shape index (κ3) is 13.1. The van der Waals surface area contributed by atoms with Crippen molar-refractivity contribution in [2.75, 3.05) is 72.0 Å². The molecule has 0 aliphatic rings. The Morgan fingerprint density at radius 1 is 0.605 bits per heavy atom. The van der Waals surface area contributed by atoms with E-state index in [1.54, 1.807) is 36.4 Å². The van der Waals surface area contributed by atoms with Gasteiger partial charge in [-0.2, -0.15) is 0 Å². The van der Waals surface area contributed by atoms with Gasteiger partial charge >= 0.3 is 23.9 Å². The molecule has 17 heteroatoms. The lowest BCUT2D eigenvalue weighted by Crippen LogP contribution is -2.47. The number of carbonyl (C=O) groups excluding carboxylic acids is 1. The van der Waals surface area contributed by atoms with Crippen molar-refractivity contribution in [2.24, 2.45) is 0 Å². The first kappa shape index (κ1) is 35.0. The number of nitrogens with one attached hydrogen (secondary N) is 2. The molecule has 1 amide bonds. The van der Waals surface area contributed by atoms with Gasteiger partial charge in [-0.1, -0.05) is 36.4 Å². The summed E-state index contributed by atoms with van der Waals surface area (Å²) in [6, 6.07) is 11.8. The van der Waals surface area contributed by atoms with Crippen LogP contribution < -0.4 is 10.0 Å². The number of fused-ring (bicyclic) bond motifs is 1. The number of hydrogen-bond acceptors (Lipinski definition) is 10. The van der Waals surface area contributed by atoms with E-state index < -0.39 is 66.0 Å². The summed E-state index contributed by atoms with van der Waals surface area (Å²) in [7, 11) is -3.89. The molecular weight excluding hydrogens is 590 g/mol. The minimum absolute atomic E-state index is 0.0221. The predicted molar refractivity (Wildman–Crippen MR) is 152 cm³/mol. The van der Waals surface area contributed by atoms with Gasteiger partial charge in [0.15, 0.2) is 0 Å². The summed E-state index contributed by atoms with van der Waals surface area (Å²) in [6.45, 7) is -2.98. The molecule has 0 spiro atoms. The van der Waals surface area contributed by atoms with Crippen LogP contribution in [0.2, 0.25) is 0 Å². The Balaban J connectivity index is 1.91. The smallest absolute Gasteiger partial charge is 0.317 e. The first-order chi connectivity index (χ1) is 20.3. The van der Waals surface area contributed by atoms with Gasteiger partial charge in [0.25, 0.3) is 0 Å². The molecule has 0 aliphatic carbocycles. The van der Waals surface area contributed by atoms with Crippen molar-refractivity contribution in [1.82, 2.24) is 24.7 Å². The lowest BCUT2D eigenvalue weighted by atomic mass is 10.1. The number of hydrogen-bond donors (Lipinski definition) is 6. The highest BCUT2D eigenvalue weighted by Crippen LogP contribution is 2.22. The van der Waals surface area contributed by atoms with E-state index in [0.717, 1.165) is 10.3 Å². The van der Waals surface area contributed by atoms with Crippen LogP contribution in [-0.4, -0.2) is 145 Å². The van der Waals surface area contributed by atoms with E-state index >= 15 is 0 Å². The summed E-state index contributed by atoms with van der Waals surface area (Å²) >= 11 is 0. The van der Waals surface area contributed by atoms with Gasteiger partial charge in [0, 0.05) is 44.7 Å². The Labute approximate surface area is 247 Å². The van der Waals surface area contributed by atoms with E-state index in [1.165, 1.54) is 15.9 Å². The molecule has 16 nitrogen and oxygen atoms in total. The van der Waals surface area contributed by atoms with Crippen molar-refractivity contribution in [3.63, 3.8) is 0 Å². The Morgan fingerprint density at radius 3 is 1.63 bits per heavy atom. The molecule has 0 saturated heterocycles. The highest BCUT2D eigenvalue weighted by atomic mass is 32.2. The van der Waals surface area contributed by atoms with Gasteiger partial charge in [0.1, 0.15) is 0 Å². The first-order valence-corrected chi connectivity index (χ1v) is 14.5. The molecular formula is C26H35N5O11S. The summed E-state index contributed by atoms with van der Waals surface area (Å²) in [4.78, 5) is 61.0. The number of aliphatic carboxylic acids is 4. The van der Waals surface area contributed by atoms with E-state index in [-0.39, 0.29) is 50.7 Å². The summed E-state index contributed by atoms with van der Waals surface area (Å²) in [5.41, 5.74) is 0. The van der Waals surface area contributed by atoms with Crippen LogP contribution in [0.3, 0.4) is 0 Å². The summed E-state index contributed by atoms with van der Waals surface area (Å²) < 4.78 is 28.0. The fraction of sp³-hybridized carbons (Fsp3) is 0.423. The maximum absolute atomic E-state index is 12.8. The van der Waals surface area contributed by atoms with Crippen LogP contribution in [0.15, 0.2) is 47.4 Å². The SMILES string of the molecule is O=C(O)CN(CCN(CC(=O)O)CC(=O)O)CCN(CC(=O)O)CC(=O)NCCNS(=O)(=O)c1cccc2ccccc12. The molecule has 2 aromatic carbocycles. The monoisotopic (exact) mass is 625 g/mol. The predicted octanol–water partition coefficient (Wildman–Crippen LogP) is -1.52. The van der Waals surface area contributed by atoms with E-state index in [0.29, 0.717) is 5.39 Å². The largest absolute Gasteiger partial charge is 0.480 e. The standard InChI is InChI=1S/C26H35N5O11S/c32-22(27-8-9-28-43(41,42)21-7-3-5-19-4-1-2-6-20(19)21)14-30(16-24(35)36)12-10-29(15-23(33)34)11-13-31(17-25(37)38)18-26(39)40/h1-7,28H,8-18H2,(H,27,32)(H,33,34)(H,35,36)(H,37,38)(H,39,40). The topological polar surface area (TPSA) is 234 Å². The molecule has 0 saturated carbocycles. The molecule has 0 unspecified atom stereocenters. The third-order valence-corrected chi connectivity index (χ3v) is 7.57. The zero-order valence-electron chi connectivity index (χ0n) is 23.2. The summed E-state index contributed by atoms with van der Waals surface area (Å²) in [5.74, 6) is -5.56. The van der Waals surface area contributed by atoms with Gasteiger partial charge in [-0.3, -0.25) is 38.7 Å². The van der Waals surface area contributed by atoms with E-state index in [9.17, 15) is 42.6 Å². The zero-order valence-corrected chi connectivity index (χ0v) is 24.0. The van der Waals surface area contributed by atoms with Crippen LogP contribution in [0.25, 0.3) is 10.8 Å². The second kappa shape index (κ2) is 17.1. The Morgan fingerprint density at radius 2 is 1.07 bits per heavy atom. The van der Waals surface area contributed by atoms with E-state index in [1.807, 2.05) is 0 Å². The van der Waals surface area contributed by atoms with Crippen molar-refractivity contribution in [3.05, 3.63) is 42.5 Å². The molecule has 2 rings (SSSR count). The number of carboxylic acid groups (broad SMARTS) is 4. The number of carboxylic acids is 4. The molecule has 0 aliphatic heterocycles. The zero-order chi connectivity index (χ0) is 32.0. The molecule has 0 aromatic heterocycles. The highest BCUT2D eigenvalue weighted by molar-refractivity contribution is 7.89. The van der Waals surface area contributed by atoms with Gasteiger partial charge in [0.2, 0.25) is 15.9 Å². The molecule has 6 N–H and O–H groups in total. The summed E-state index contributed by atoms with van der Waals surface area (Å²) in [5, 5.41) is 40.3. The quantitative estimate of drug-likeness (QED) is 0.0865. The molecule has 0 heterocycles. The van der Waals surface area contributed by atoms with Crippen LogP contribution in [-0.2, 0) is 34.0 Å². The van der Waals surface area contributed by atoms with E-state index in [2.05, 4.69) is 10.0 Å². The average molecular weight is 626 g/mol. The van der Waals surface area contributed by atoms with Crippen LogP contribution in [0.4, 0.5) is 0 Å². The second-order valence-electron chi connectivity index (χ2n) is 9.50. The van der Waals surface area contributed by atoms with Crippen molar-refractivity contribution in [1.29, 1.82) is 0 Å². The van der Waals surface area contributed by atoms with Crippen LogP contribution in [0.1, 0.15) is 0 Å². The number of sulfonamides is 1. The van der Waals surface area contributed by atoms with Crippen LogP contribution in [0.5, 0.6) is 0 Å². The van der Waals surface area contributed by atoms with Crippen LogP contribution >= 0.6 is 0 Å². The molecule has 0 radical (unpaired) electrons. The molecule has 0 fully saturated rings. The minimum atomic E-state index is -3.89. The van der Waals surface area contributed by atoms with Crippen molar-refractivity contribution < 1.29 is 52.8 Å². The van der Waals surface area contributed by atoms with Crippen LogP contribution in [0, 0.1) is 0 Å². The number of nitrogens with zero attached hydrogens (tertiary/aromatic N) is 3. The Hall–Kier alpha value is -4.16. The van der Waals surface area contributed by atoms with Gasteiger partial charge in [-0.05, 0) is 11.5 Å². The van der Waals surface area contributed by atoms with E-state index in [4.69, 9.17) is 10.2 Å². The fourth-order valence-electron chi connectivity index (χ4n) is 4.18. The number of amides is 1. The molecule has 0 bridgehead atoms. The third-order valence-electron chi connectivity index (χ3n) is 6.05. The van der Waals surface area contributed by atoms with Gasteiger partial charge in [-0.25, -0.2) is 13.1 Å². The maximum atomic E-state index is 12.8. The fourth-order valence-corrected chi connectivity index (χ4v) is 5.44. The number of carbonyl (C=O) groups is 5. The normalized spacial score (nSPS) is 11.7. The first-order valence-electron chi connectivity index (χ1n) is 13.0. The molecule has 2 aromatic rings. The lowest BCUT2D eigenvalue weighted by molar-refractivity contribution is -0.143. The van der Waals surface area contributed by atoms with Gasteiger partial charge in [0.05, 0.1) is 37.6 Å². The minimum Gasteiger partial charge on any atom is -0.480 e. The van der Waals surface area contributed by atoms with Gasteiger partial charge < -0.3 is 25.7 Å². The number of benzene rings is 2. The lowest BCUT2D eigenvalue weighted by Gasteiger charge is -2.27. The molecule has 43 heavy (non-hydrogen) atoms. The maximum Gasteiger partial charge on any atom is 0.317 e. The number of rotatable bonds is 21. The Bertz CT molecular complexity index is 1380. The second-order valence-corrected chi connectivity index (χ2v) is 11.2. The van der Waals surface area contributed by atoms with Gasteiger partial charge in [-0.15, -0.1) is 0 Å². The van der Waals surface area contributed by atoms with Crippen molar-refractivity contribution >= 4 is 50.6 Å². The highest BCUT2D eigenvalue weighted by Gasteiger charge is 2.20. The van der Waals surface area contributed by atoms with Crippen molar-refractivity contribution in [2.45, 2.75) is 4.90 Å². The molecule has 236 valence electrons. The molecule has 0 atom stereocenters. The van der Waals surface area contributed by atoms with Crippen molar-refractivity contribution in [3.8, 4) is 0 Å². The average Bonchev–Trinajstić information content (AvgIpc) is 2.90.